The molecule has 0 saturated carbocycles. The maximum Gasteiger partial charge on any atom is 0.0975 e. The van der Waals surface area contributed by atoms with Crippen LogP contribution in [-0.2, 0) is 0 Å². The fourth-order valence-electron chi connectivity index (χ4n) is 2.02. The molecule has 1 heterocycles. The summed E-state index contributed by atoms with van der Waals surface area (Å²) in [6.07, 6.45) is 4.76. The van der Waals surface area contributed by atoms with Gasteiger partial charge in [0.1, 0.15) is 0 Å². The van der Waals surface area contributed by atoms with E-state index in [-0.39, 0.29) is 6.04 Å². The van der Waals surface area contributed by atoms with Crippen LogP contribution in [0.2, 0.25) is 0 Å². The van der Waals surface area contributed by atoms with Gasteiger partial charge in [-0.25, -0.2) is 0 Å². The third-order valence-corrected chi connectivity index (χ3v) is 4.13. The van der Waals surface area contributed by atoms with Gasteiger partial charge in [0.25, 0.3) is 0 Å². The molecule has 14 heavy (non-hydrogen) atoms. The monoisotopic (exact) mass is 212 g/mol. The zero-order chi connectivity index (χ0) is 10.4. The Morgan fingerprint density at radius 1 is 1.50 bits per heavy atom. The summed E-state index contributed by atoms with van der Waals surface area (Å²) in [5, 5.41) is 9.00. The highest BCUT2D eigenvalue weighted by Gasteiger charge is 2.22. The Kier molecular flexibility index (Phi) is 5.36. The molecule has 1 aliphatic rings. The molecule has 80 valence electrons. The van der Waals surface area contributed by atoms with Crippen molar-refractivity contribution in [3.05, 3.63) is 0 Å². The Hall–Kier alpha value is -0.200. The van der Waals surface area contributed by atoms with Gasteiger partial charge in [0.2, 0.25) is 0 Å². The van der Waals surface area contributed by atoms with Crippen molar-refractivity contribution in [1.29, 1.82) is 5.26 Å². The molecule has 0 aliphatic carbocycles. The number of nitrogens with zero attached hydrogens (tertiary/aromatic N) is 2. The molecule has 2 atom stereocenters. The highest BCUT2D eigenvalue weighted by atomic mass is 32.2. The zero-order valence-electron chi connectivity index (χ0n) is 9.20. The summed E-state index contributed by atoms with van der Waals surface area (Å²) in [7, 11) is 2.11. The van der Waals surface area contributed by atoms with Crippen molar-refractivity contribution < 1.29 is 0 Å². The van der Waals surface area contributed by atoms with E-state index in [2.05, 4.69) is 36.7 Å². The smallest absolute Gasteiger partial charge is 0.0975 e. The average molecular weight is 212 g/mol. The second-order valence-corrected chi connectivity index (χ2v) is 5.14. The number of nitriles is 1. The Morgan fingerprint density at radius 2 is 2.29 bits per heavy atom. The first kappa shape index (κ1) is 11.9. The van der Waals surface area contributed by atoms with Crippen LogP contribution in [0.5, 0.6) is 0 Å². The van der Waals surface area contributed by atoms with E-state index in [0.29, 0.717) is 6.04 Å². The predicted molar refractivity (Wildman–Crippen MR) is 62.4 cm³/mol. The van der Waals surface area contributed by atoms with Crippen LogP contribution in [0, 0.1) is 11.3 Å². The first-order chi connectivity index (χ1) is 6.79. The summed E-state index contributed by atoms with van der Waals surface area (Å²) in [5.41, 5.74) is 0. The molecule has 0 spiro atoms. The van der Waals surface area contributed by atoms with Gasteiger partial charge in [0, 0.05) is 6.04 Å². The summed E-state index contributed by atoms with van der Waals surface area (Å²) in [6.45, 7) is 2.09. The van der Waals surface area contributed by atoms with E-state index < -0.39 is 0 Å². The molecule has 2 nitrogen and oxygen atoms in total. The second-order valence-electron chi connectivity index (χ2n) is 3.92. The van der Waals surface area contributed by atoms with Crippen molar-refractivity contribution in [3.63, 3.8) is 0 Å². The highest BCUT2D eigenvalue weighted by molar-refractivity contribution is 7.99. The number of hydrogen-bond acceptors (Lipinski definition) is 3. The molecular weight excluding hydrogens is 192 g/mol. The number of rotatable bonds is 3. The van der Waals surface area contributed by atoms with Gasteiger partial charge in [-0.1, -0.05) is 6.92 Å². The molecule has 0 aromatic rings. The normalized spacial score (nSPS) is 25.4. The lowest BCUT2D eigenvalue weighted by Crippen LogP contribution is -2.39. The maximum atomic E-state index is 9.00. The molecule has 0 N–H and O–H groups in total. The molecule has 0 aromatic heterocycles. The van der Waals surface area contributed by atoms with Gasteiger partial charge in [-0.15, -0.1) is 0 Å². The van der Waals surface area contributed by atoms with Crippen LogP contribution in [0.4, 0.5) is 0 Å². The van der Waals surface area contributed by atoms with Crippen molar-refractivity contribution >= 4 is 11.8 Å². The average Bonchev–Trinajstić information content (AvgIpc) is 2.47. The van der Waals surface area contributed by atoms with Gasteiger partial charge < -0.3 is 0 Å². The van der Waals surface area contributed by atoms with E-state index >= 15 is 0 Å². The number of hydrogen-bond donors (Lipinski definition) is 0. The lowest BCUT2D eigenvalue weighted by Gasteiger charge is -2.30. The summed E-state index contributed by atoms with van der Waals surface area (Å²) in [5.74, 6) is 2.56. The van der Waals surface area contributed by atoms with Crippen LogP contribution in [0.15, 0.2) is 0 Å². The van der Waals surface area contributed by atoms with Gasteiger partial charge >= 0.3 is 0 Å². The first-order valence-electron chi connectivity index (χ1n) is 5.49. The third kappa shape index (κ3) is 3.18. The molecule has 2 unspecified atom stereocenters. The fourth-order valence-corrected chi connectivity index (χ4v) is 3.03. The van der Waals surface area contributed by atoms with Crippen molar-refractivity contribution in [2.24, 2.45) is 0 Å². The minimum atomic E-state index is 0.114. The van der Waals surface area contributed by atoms with Crippen LogP contribution < -0.4 is 0 Å². The third-order valence-electron chi connectivity index (χ3n) is 3.02. The van der Waals surface area contributed by atoms with Gasteiger partial charge in [0.15, 0.2) is 0 Å². The van der Waals surface area contributed by atoms with Gasteiger partial charge in [-0.3, -0.25) is 4.90 Å². The predicted octanol–water partition coefficient (Wildman–Crippen LogP) is 2.51. The second kappa shape index (κ2) is 6.31. The molecule has 0 aromatic carbocycles. The molecular formula is C11H20N2S. The summed E-state index contributed by atoms with van der Waals surface area (Å²) >= 11 is 2.05. The summed E-state index contributed by atoms with van der Waals surface area (Å²) in [6, 6.07) is 3.14. The largest absolute Gasteiger partial charge is 0.288 e. The van der Waals surface area contributed by atoms with Crippen molar-refractivity contribution in [1.82, 2.24) is 4.90 Å². The van der Waals surface area contributed by atoms with E-state index in [1.54, 1.807) is 0 Å². The van der Waals surface area contributed by atoms with E-state index in [1.807, 2.05) is 0 Å². The first-order valence-corrected chi connectivity index (χ1v) is 6.64. The van der Waals surface area contributed by atoms with E-state index in [1.165, 1.54) is 30.8 Å². The maximum absolute atomic E-state index is 9.00. The summed E-state index contributed by atoms with van der Waals surface area (Å²) in [4.78, 5) is 2.28. The quantitative estimate of drug-likeness (QED) is 0.719. The number of thioether (sulfide) groups is 1. The topological polar surface area (TPSA) is 27.0 Å². The van der Waals surface area contributed by atoms with Crippen LogP contribution in [0.3, 0.4) is 0 Å². The molecule has 0 bridgehead atoms. The van der Waals surface area contributed by atoms with Crippen molar-refractivity contribution in [3.8, 4) is 6.07 Å². The lowest BCUT2D eigenvalue weighted by atomic mass is 10.1. The molecule has 3 heteroatoms. The summed E-state index contributed by atoms with van der Waals surface area (Å²) < 4.78 is 0. The van der Waals surface area contributed by atoms with Gasteiger partial charge in [-0.2, -0.15) is 17.0 Å². The fraction of sp³-hybridized carbons (Fsp3) is 0.909. The molecule has 1 rings (SSSR count). The van der Waals surface area contributed by atoms with E-state index in [0.717, 1.165) is 6.42 Å². The molecule has 1 aliphatic heterocycles. The Balaban J connectivity index is 2.48. The van der Waals surface area contributed by atoms with Gasteiger partial charge in [0.05, 0.1) is 12.1 Å². The van der Waals surface area contributed by atoms with Crippen LogP contribution in [-0.4, -0.2) is 35.5 Å². The molecule has 1 saturated heterocycles. The standard InChI is InChI=1S/C11H20N2S/c1-3-10(9-12)13(2)11-5-4-7-14-8-6-11/h10-11H,3-8H2,1-2H3. The minimum absolute atomic E-state index is 0.114. The zero-order valence-corrected chi connectivity index (χ0v) is 10.0. The van der Waals surface area contributed by atoms with Crippen LogP contribution >= 0.6 is 11.8 Å². The van der Waals surface area contributed by atoms with Crippen molar-refractivity contribution in [2.75, 3.05) is 18.6 Å². The highest BCUT2D eigenvalue weighted by Crippen LogP contribution is 2.22. The van der Waals surface area contributed by atoms with Gasteiger partial charge in [-0.05, 0) is 44.2 Å². The Bertz CT molecular complexity index is 192. The molecule has 0 radical (unpaired) electrons. The Morgan fingerprint density at radius 3 is 2.93 bits per heavy atom. The lowest BCUT2D eigenvalue weighted by molar-refractivity contribution is 0.189. The Labute approximate surface area is 91.7 Å². The van der Waals surface area contributed by atoms with E-state index in [4.69, 9.17) is 5.26 Å². The van der Waals surface area contributed by atoms with Crippen molar-refractivity contribution in [2.45, 2.75) is 44.7 Å². The van der Waals surface area contributed by atoms with E-state index in [9.17, 15) is 0 Å². The molecule has 0 amide bonds. The molecule has 1 fully saturated rings. The van der Waals surface area contributed by atoms with Crippen LogP contribution in [0.25, 0.3) is 0 Å². The van der Waals surface area contributed by atoms with Crippen LogP contribution in [0.1, 0.15) is 32.6 Å². The minimum Gasteiger partial charge on any atom is -0.288 e. The SMILES string of the molecule is CCC(C#N)N(C)C1CCCSCC1.